The molecule has 1 N–H and O–H groups in total. The number of esters is 4. The second kappa shape index (κ2) is 10.6. The lowest BCUT2D eigenvalue weighted by atomic mass is 9.42. The van der Waals surface area contributed by atoms with Gasteiger partial charge in [0.15, 0.2) is 0 Å². The largest absolute Gasteiger partial charge is 0.458 e. The molecule has 4 saturated carbocycles. The van der Waals surface area contributed by atoms with Crippen molar-refractivity contribution < 1.29 is 48.0 Å². The van der Waals surface area contributed by atoms with Crippen LogP contribution in [0.4, 0.5) is 0 Å². The van der Waals surface area contributed by atoms with Gasteiger partial charge in [0.2, 0.25) is 0 Å². The minimum absolute atomic E-state index is 0.231. The molecule has 5 rings (SSSR count). The zero-order chi connectivity index (χ0) is 33.3. The van der Waals surface area contributed by atoms with E-state index in [1.54, 1.807) is 26.8 Å². The molecule has 2 spiro atoms. The van der Waals surface area contributed by atoms with Crippen molar-refractivity contribution in [2.75, 3.05) is 0 Å². The standard InChI is InChI=1S/C35H42O10/c1-19-25(39)18-33(41)30(44-23(5)38)35-20(2)26(45-27(40)15-14-24-12-10-9-11-13-24)16-17-32(35,8)28(42-21(3)36)29(43-22(4)37)34(19,35)31(33,6)7/h9-15,19,26,28-30,41H,2,16-18H2,1,3-8H3/t19-,26+,28+,29+,30-,32+,33-,34-,35-/m1/s1. The summed E-state index contributed by atoms with van der Waals surface area (Å²) in [5.41, 5.74) is -6.38. The molecule has 1 aromatic carbocycles. The SMILES string of the molecule is C=C1[C@@H](OC(=O)C=Cc2ccccc2)CC[C@@]2(C)[C@@H](OC(C)=O)[C@H](OC(C)=O)[C@@]34[C@H](C)C(=O)C[C@@](O)([C@@H](OC(C)=O)[C@@]132)C4(C)C. The molecule has 4 fully saturated rings. The van der Waals surface area contributed by atoms with E-state index in [4.69, 9.17) is 18.9 Å². The molecule has 4 aliphatic carbocycles. The fourth-order valence-corrected chi connectivity index (χ4v) is 10.1. The molecule has 0 saturated heterocycles. The maximum atomic E-state index is 14.0. The van der Waals surface area contributed by atoms with Crippen molar-refractivity contribution in [1.29, 1.82) is 0 Å². The zero-order valence-corrected chi connectivity index (χ0v) is 26.9. The van der Waals surface area contributed by atoms with E-state index in [0.29, 0.717) is 5.57 Å². The van der Waals surface area contributed by atoms with E-state index < -0.39 is 81.5 Å². The normalized spacial score (nSPS) is 39.5. The Balaban J connectivity index is 1.77. The molecule has 0 heterocycles. The Morgan fingerprint density at radius 1 is 0.911 bits per heavy atom. The first-order chi connectivity index (χ1) is 20.9. The van der Waals surface area contributed by atoms with Crippen LogP contribution < -0.4 is 0 Å². The van der Waals surface area contributed by atoms with Crippen LogP contribution in [0.25, 0.3) is 6.08 Å². The number of aliphatic hydroxyl groups is 1. The van der Waals surface area contributed by atoms with Gasteiger partial charge in [0.05, 0.1) is 5.41 Å². The van der Waals surface area contributed by atoms with E-state index in [2.05, 4.69) is 6.58 Å². The lowest BCUT2D eigenvalue weighted by molar-refractivity contribution is -0.220. The lowest BCUT2D eigenvalue weighted by Gasteiger charge is -2.60. The summed E-state index contributed by atoms with van der Waals surface area (Å²) in [6, 6.07) is 9.22. The summed E-state index contributed by atoms with van der Waals surface area (Å²) >= 11 is 0. The third kappa shape index (κ3) is 4.06. The third-order valence-electron chi connectivity index (χ3n) is 11.6. The van der Waals surface area contributed by atoms with E-state index in [-0.39, 0.29) is 25.0 Å². The van der Waals surface area contributed by atoms with Gasteiger partial charge < -0.3 is 24.1 Å². The molecule has 0 amide bonds. The molecular weight excluding hydrogens is 580 g/mol. The van der Waals surface area contributed by atoms with Crippen LogP contribution in [0.1, 0.15) is 73.3 Å². The van der Waals surface area contributed by atoms with Gasteiger partial charge in [-0.1, -0.05) is 64.6 Å². The number of fused-ring (bicyclic) bond motifs is 1. The highest BCUT2D eigenvalue weighted by molar-refractivity contribution is 5.88. The summed E-state index contributed by atoms with van der Waals surface area (Å²) in [6.45, 7) is 15.2. The van der Waals surface area contributed by atoms with Crippen LogP contribution >= 0.6 is 0 Å². The minimum atomic E-state index is -1.94. The van der Waals surface area contributed by atoms with Gasteiger partial charge in [-0.15, -0.1) is 0 Å². The number of hydrogen-bond donors (Lipinski definition) is 1. The molecule has 1 aromatic rings. The Bertz CT molecular complexity index is 1490. The molecular formula is C35H42O10. The number of ketones is 1. The van der Waals surface area contributed by atoms with Crippen molar-refractivity contribution in [2.45, 2.75) is 97.7 Å². The first-order valence-electron chi connectivity index (χ1n) is 15.3. The van der Waals surface area contributed by atoms with E-state index in [1.165, 1.54) is 26.8 Å². The Morgan fingerprint density at radius 3 is 2.07 bits per heavy atom. The Kier molecular flexibility index (Phi) is 7.71. The van der Waals surface area contributed by atoms with Crippen molar-refractivity contribution in [3.8, 4) is 0 Å². The minimum Gasteiger partial charge on any atom is -0.458 e. The van der Waals surface area contributed by atoms with Gasteiger partial charge in [-0.2, -0.15) is 0 Å². The van der Waals surface area contributed by atoms with Crippen molar-refractivity contribution in [3.05, 3.63) is 54.1 Å². The van der Waals surface area contributed by atoms with Crippen molar-refractivity contribution in [2.24, 2.45) is 27.6 Å². The topological polar surface area (TPSA) is 142 Å². The number of carbonyl (C=O) groups is 5. The number of hydrogen-bond acceptors (Lipinski definition) is 10. The third-order valence-corrected chi connectivity index (χ3v) is 11.6. The summed E-state index contributed by atoms with van der Waals surface area (Å²) in [7, 11) is 0. The quantitative estimate of drug-likeness (QED) is 0.213. The molecule has 0 radical (unpaired) electrons. The van der Waals surface area contributed by atoms with Crippen LogP contribution in [0.5, 0.6) is 0 Å². The van der Waals surface area contributed by atoms with Crippen LogP contribution in [0.3, 0.4) is 0 Å². The molecule has 10 heteroatoms. The highest BCUT2D eigenvalue weighted by atomic mass is 16.6. The highest BCUT2D eigenvalue weighted by Gasteiger charge is 2.96. The van der Waals surface area contributed by atoms with Crippen molar-refractivity contribution >= 4 is 35.7 Å². The lowest BCUT2D eigenvalue weighted by Crippen LogP contribution is -2.65. The predicted molar refractivity (Wildman–Crippen MR) is 161 cm³/mol. The summed E-state index contributed by atoms with van der Waals surface area (Å²) < 4.78 is 24.2. The Morgan fingerprint density at radius 2 is 1.49 bits per heavy atom. The second-order valence-electron chi connectivity index (χ2n) is 13.8. The summed E-state index contributed by atoms with van der Waals surface area (Å²) in [5, 5.41) is 12.7. The number of ether oxygens (including phenoxy) is 4. The van der Waals surface area contributed by atoms with Crippen molar-refractivity contribution in [1.82, 2.24) is 0 Å². The number of rotatable bonds is 6. The number of carbonyl (C=O) groups excluding carboxylic acids is 5. The van der Waals surface area contributed by atoms with Gasteiger partial charge in [-0.3, -0.25) is 19.2 Å². The maximum absolute atomic E-state index is 14.0. The maximum Gasteiger partial charge on any atom is 0.331 e. The van der Waals surface area contributed by atoms with Gasteiger partial charge in [0.25, 0.3) is 0 Å². The summed E-state index contributed by atoms with van der Waals surface area (Å²) in [4.78, 5) is 65.5. The molecule has 10 nitrogen and oxygen atoms in total. The second-order valence-corrected chi connectivity index (χ2v) is 13.8. The van der Waals surface area contributed by atoms with Gasteiger partial charge in [0.1, 0.15) is 35.8 Å². The molecule has 0 aliphatic heterocycles. The van der Waals surface area contributed by atoms with Crippen LogP contribution in [-0.2, 0) is 42.9 Å². The molecule has 4 aliphatic rings. The first-order valence-corrected chi connectivity index (χ1v) is 15.3. The molecule has 0 unspecified atom stereocenters. The number of Topliss-reactive ketones (excluding diaryl/α,β-unsaturated/α-hetero) is 1. The molecule has 9 atom stereocenters. The monoisotopic (exact) mass is 622 g/mol. The molecule has 45 heavy (non-hydrogen) atoms. The highest BCUT2D eigenvalue weighted by Crippen LogP contribution is 2.87. The average Bonchev–Trinajstić information content (AvgIpc) is 3.17. The van der Waals surface area contributed by atoms with Crippen LogP contribution in [-0.4, -0.2) is 64.8 Å². The van der Waals surface area contributed by atoms with E-state index in [9.17, 15) is 29.1 Å². The Hall–Kier alpha value is -3.79. The van der Waals surface area contributed by atoms with Crippen LogP contribution in [0.15, 0.2) is 48.6 Å². The number of benzene rings is 1. The van der Waals surface area contributed by atoms with Gasteiger partial charge in [-0.05, 0) is 30.1 Å². The fraction of sp³-hybridized carbons (Fsp3) is 0.571. The summed E-state index contributed by atoms with van der Waals surface area (Å²) in [5.74, 6) is -3.88. The smallest absolute Gasteiger partial charge is 0.331 e. The average molecular weight is 623 g/mol. The zero-order valence-electron chi connectivity index (χ0n) is 26.9. The van der Waals surface area contributed by atoms with Gasteiger partial charge in [0, 0.05) is 55.4 Å². The summed E-state index contributed by atoms with van der Waals surface area (Å²) in [6.07, 6.45) is -1.60. The molecule has 242 valence electrons. The van der Waals surface area contributed by atoms with Gasteiger partial charge >= 0.3 is 23.9 Å². The van der Waals surface area contributed by atoms with Gasteiger partial charge in [-0.25, -0.2) is 4.79 Å². The van der Waals surface area contributed by atoms with E-state index in [1.807, 2.05) is 37.3 Å². The van der Waals surface area contributed by atoms with E-state index in [0.717, 1.165) is 5.56 Å². The van der Waals surface area contributed by atoms with Crippen molar-refractivity contribution in [3.63, 3.8) is 0 Å². The molecule has 2 bridgehead atoms. The van der Waals surface area contributed by atoms with Crippen LogP contribution in [0, 0.1) is 27.6 Å². The molecule has 0 aromatic heterocycles. The van der Waals surface area contributed by atoms with E-state index >= 15 is 0 Å². The Labute approximate surface area is 263 Å². The first kappa shape index (κ1) is 32.6. The van der Waals surface area contributed by atoms with Crippen LogP contribution in [0.2, 0.25) is 0 Å². The predicted octanol–water partition coefficient (Wildman–Crippen LogP) is 4.13. The fourth-order valence-electron chi connectivity index (χ4n) is 10.1.